The maximum atomic E-state index is 14.0. The van der Waals surface area contributed by atoms with Gasteiger partial charge in [-0.1, -0.05) is 42.3 Å². The van der Waals surface area contributed by atoms with Crippen molar-refractivity contribution in [3.05, 3.63) is 81.0 Å². The monoisotopic (exact) mass is 534 g/mol. The van der Waals surface area contributed by atoms with Crippen molar-refractivity contribution in [2.75, 3.05) is 18.0 Å². The van der Waals surface area contributed by atoms with Gasteiger partial charge in [-0.25, -0.2) is 9.36 Å². The third-order valence-electron chi connectivity index (χ3n) is 6.70. The number of ether oxygens (including phenoxy) is 1. The highest BCUT2D eigenvalue weighted by molar-refractivity contribution is 5.77. The largest absolute Gasteiger partial charge is 0.434 e. The molecule has 1 aliphatic rings. The molecule has 1 aliphatic heterocycles. The molecule has 3 heterocycles. The number of benzene rings is 2. The summed E-state index contributed by atoms with van der Waals surface area (Å²) in [6, 6.07) is 14.9. The maximum absolute atomic E-state index is 14.0. The van der Waals surface area contributed by atoms with Crippen molar-refractivity contribution in [3.8, 4) is 23.3 Å². The van der Waals surface area contributed by atoms with E-state index in [0.29, 0.717) is 24.7 Å². The van der Waals surface area contributed by atoms with E-state index in [1.165, 1.54) is 10.6 Å². The Morgan fingerprint density at radius 2 is 1.85 bits per heavy atom. The van der Waals surface area contributed by atoms with Gasteiger partial charge in [-0.3, -0.25) is 13.9 Å². The van der Waals surface area contributed by atoms with E-state index >= 15 is 0 Å². The Morgan fingerprint density at radius 1 is 1.10 bits per heavy atom. The van der Waals surface area contributed by atoms with Gasteiger partial charge in [-0.15, -0.1) is 5.92 Å². The molecule has 0 spiro atoms. The Kier molecular flexibility index (Phi) is 7.47. The van der Waals surface area contributed by atoms with Gasteiger partial charge in [-0.2, -0.15) is 13.8 Å². The average molecular weight is 535 g/mol. The lowest BCUT2D eigenvalue weighted by atomic mass is 10.1. The summed E-state index contributed by atoms with van der Waals surface area (Å²) in [5.74, 6) is 6.26. The number of halogens is 2. The van der Waals surface area contributed by atoms with E-state index < -0.39 is 17.9 Å². The van der Waals surface area contributed by atoms with Crippen molar-refractivity contribution in [3.63, 3.8) is 0 Å². The van der Waals surface area contributed by atoms with Gasteiger partial charge in [0.1, 0.15) is 5.75 Å². The Hall–Kier alpha value is -4.43. The average Bonchev–Trinajstić information content (AvgIpc) is 3.30. The number of rotatable bonds is 7. The smallest absolute Gasteiger partial charge is 0.387 e. The Balaban J connectivity index is 1.80. The van der Waals surface area contributed by atoms with Gasteiger partial charge in [0.25, 0.3) is 5.56 Å². The Labute approximate surface area is 223 Å². The summed E-state index contributed by atoms with van der Waals surface area (Å²) in [5, 5.41) is 0. The number of aromatic nitrogens is 4. The molecule has 0 radical (unpaired) electrons. The van der Waals surface area contributed by atoms with Crippen LogP contribution in [0.5, 0.6) is 5.75 Å². The van der Waals surface area contributed by atoms with E-state index in [-0.39, 0.29) is 41.6 Å². The number of nitrogens with two attached hydrogens (primary N) is 1. The second-order valence-electron chi connectivity index (χ2n) is 9.28. The van der Waals surface area contributed by atoms with Crippen LogP contribution < -0.4 is 26.6 Å². The van der Waals surface area contributed by atoms with Crippen LogP contribution in [0.15, 0.2) is 64.2 Å². The number of anilines is 1. The molecule has 1 fully saturated rings. The van der Waals surface area contributed by atoms with Crippen LogP contribution in [-0.2, 0) is 13.1 Å². The number of piperidine rings is 1. The number of fused-ring (bicyclic) bond motifs is 1. The van der Waals surface area contributed by atoms with Crippen molar-refractivity contribution in [2.45, 2.75) is 45.5 Å². The van der Waals surface area contributed by atoms with Gasteiger partial charge in [0.05, 0.1) is 18.8 Å². The normalized spacial score (nSPS) is 15.4. The summed E-state index contributed by atoms with van der Waals surface area (Å²) in [6.07, 6.45) is 1.74. The molecular weight excluding hydrogens is 506 g/mol. The summed E-state index contributed by atoms with van der Waals surface area (Å²) < 4.78 is 34.9. The Bertz CT molecular complexity index is 1670. The van der Waals surface area contributed by atoms with Crippen LogP contribution in [0.4, 0.5) is 14.7 Å². The molecule has 2 N–H and O–H groups in total. The number of imidazole rings is 1. The first-order valence-corrected chi connectivity index (χ1v) is 12.6. The number of hydrogen-bond donors (Lipinski definition) is 1. The van der Waals surface area contributed by atoms with Gasteiger partial charge in [-0.05, 0) is 38.0 Å². The van der Waals surface area contributed by atoms with Crippen LogP contribution in [0.3, 0.4) is 0 Å². The molecule has 4 aromatic rings. The predicted molar refractivity (Wildman–Crippen MR) is 145 cm³/mol. The first kappa shape index (κ1) is 26.2. The van der Waals surface area contributed by atoms with Crippen LogP contribution in [0.2, 0.25) is 0 Å². The molecule has 1 unspecified atom stereocenters. The van der Waals surface area contributed by atoms with Gasteiger partial charge < -0.3 is 15.4 Å². The van der Waals surface area contributed by atoms with E-state index in [4.69, 9.17) is 10.7 Å². The molecule has 0 amide bonds. The molecule has 202 valence electrons. The summed E-state index contributed by atoms with van der Waals surface area (Å²) in [7, 11) is 0. The second kappa shape index (κ2) is 11.1. The Morgan fingerprint density at radius 3 is 2.56 bits per heavy atom. The van der Waals surface area contributed by atoms with Crippen LogP contribution in [0.1, 0.15) is 25.3 Å². The first-order valence-electron chi connectivity index (χ1n) is 12.6. The molecule has 2 aromatic heterocycles. The standard InChI is InChI=1S/C28H28F2N6O3/c1-2-3-16-34-23-24(32-27(34)33-15-9-11-20(31)18-33)36(21-12-5-4-6-13-21)28(38)35(25(23)37)17-19-10-7-8-14-22(19)39-26(29)30/h4-8,10,12-14,20,26H,9,11,15-18,31H2,1H3. The second-order valence-corrected chi connectivity index (χ2v) is 9.28. The van der Waals surface area contributed by atoms with Gasteiger partial charge in [0, 0.05) is 24.7 Å². The molecule has 0 saturated carbocycles. The fourth-order valence-electron chi connectivity index (χ4n) is 4.93. The van der Waals surface area contributed by atoms with Crippen LogP contribution in [0.25, 0.3) is 16.9 Å². The minimum absolute atomic E-state index is 0.0522. The molecule has 9 nitrogen and oxygen atoms in total. The van der Waals surface area contributed by atoms with Crippen molar-refractivity contribution in [2.24, 2.45) is 5.73 Å². The van der Waals surface area contributed by atoms with Crippen molar-refractivity contribution in [1.29, 1.82) is 0 Å². The fraction of sp³-hybridized carbons (Fsp3) is 0.321. The topological polar surface area (TPSA) is 100 Å². The van der Waals surface area contributed by atoms with Crippen molar-refractivity contribution < 1.29 is 13.5 Å². The lowest BCUT2D eigenvalue weighted by Gasteiger charge is -2.31. The highest BCUT2D eigenvalue weighted by atomic mass is 19.3. The zero-order valence-corrected chi connectivity index (χ0v) is 21.4. The summed E-state index contributed by atoms with van der Waals surface area (Å²) in [5.41, 5.74) is 6.13. The molecule has 5 rings (SSSR count). The molecule has 0 bridgehead atoms. The van der Waals surface area contributed by atoms with E-state index in [1.54, 1.807) is 54.0 Å². The molecule has 39 heavy (non-hydrogen) atoms. The number of nitrogens with zero attached hydrogens (tertiary/aromatic N) is 5. The van der Waals surface area contributed by atoms with E-state index in [9.17, 15) is 18.4 Å². The number of para-hydroxylation sites is 2. The summed E-state index contributed by atoms with van der Waals surface area (Å²) >= 11 is 0. The number of hydrogen-bond acceptors (Lipinski definition) is 6. The molecule has 11 heteroatoms. The molecular formula is C28H28F2N6O3. The van der Waals surface area contributed by atoms with E-state index in [1.807, 2.05) is 11.0 Å². The lowest BCUT2D eigenvalue weighted by molar-refractivity contribution is -0.0505. The predicted octanol–water partition coefficient (Wildman–Crippen LogP) is 2.95. The molecule has 1 saturated heterocycles. The highest BCUT2D eigenvalue weighted by Gasteiger charge is 2.27. The van der Waals surface area contributed by atoms with E-state index in [0.717, 1.165) is 17.4 Å². The van der Waals surface area contributed by atoms with Gasteiger partial charge >= 0.3 is 12.3 Å². The van der Waals surface area contributed by atoms with Crippen LogP contribution in [-0.4, -0.2) is 44.4 Å². The third kappa shape index (κ3) is 5.15. The molecule has 1 atom stereocenters. The molecule has 2 aromatic carbocycles. The molecule has 0 aliphatic carbocycles. The van der Waals surface area contributed by atoms with Crippen molar-refractivity contribution >= 4 is 17.1 Å². The summed E-state index contributed by atoms with van der Waals surface area (Å²) in [4.78, 5) is 34.8. The van der Waals surface area contributed by atoms with Crippen LogP contribution in [0, 0.1) is 11.8 Å². The van der Waals surface area contributed by atoms with E-state index in [2.05, 4.69) is 16.6 Å². The van der Waals surface area contributed by atoms with Gasteiger partial charge in [0.15, 0.2) is 11.2 Å². The van der Waals surface area contributed by atoms with Gasteiger partial charge in [0.2, 0.25) is 5.95 Å². The minimum atomic E-state index is -3.06. The quantitative estimate of drug-likeness (QED) is 0.366. The first-order chi connectivity index (χ1) is 18.9. The number of alkyl halides is 2. The maximum Gasteiger partial charge on any atom is 0.387 e. The third-order valence-corrected chi connectivity index (χ3v) is 6.70. The van der Waals surface area contributed by atoms with Crippen molar-refractivity contribution in [1.82, 2.24) is 18.7 Å². The zero-order valence-electron chi connectivity index (χ0n) is 21.4. The fourth-order valence-corrected chi connectivity index (χ4v) is 4.93. The zero-order chi connectivity index (χ0) is 27.5. The summed E-state index contributed by atoms with van der Waals surface area (Å²) in [6.45, 7) is -0.227. The SMILES string of the molecule is CC#CCn1c(N2CCCC(N)C2)nc2c1c(=O)n(Cc1ccccc1OC(F)F)c(=O)n2-c1ccccc1. The highest BCUT2D eigenvalue weighted by Crippen LogP contribution is 2.25. The lowest BCUT2D eigenvalue weighted by Crippen LogP contribution is -2.44. The minimum Gasteiger partial charge on any atom is -0.434 e. The van der Waals surface area contributed by atoms with Crippen LogP contribution >= 0.6 is 0 Å².